The van der Waals surface area contributed by atoms with E-state index in [1.807, 2.05) is 13.8 Å². The van der Waals surface area contributed by atoms with Crippen molar-refractivity contribution in [3.63, 3.8) is 0 Å². The fourth-order valence-corrected chi connectivity index (χ4v) is 4.34. The van der Waals surface area contributed by atoms with Gasteiger partial charge >= 0.3 is 0 Å². The molecule has 0 heterocycles. The second kappa shape index (κ2) is 8.04. The van der Waals surface area contributed by atoms with Gasteiger partial charge in [-0.25, -0.2) is 0 Å². The van der Waals surface area contributed by atoms with Crippen LogP contribution in [-0.4, -0.2) is 9.58 Å². The van der Waals surface area contributed by atoms with Crippen LogP contribution in [0.3, 0.4) is 0 Å². The monoisotopic (exact) mass is 416 g/mol. The van der Waals surface area contributed by atoms with Crippen molar-refractivity contribution in [2.24, 2.45) is 11.3 Å². The minimum Gasteiger partial charge on any atom is -0.294 e. The molecule has 0 spiro atoms. The summed E-state index contributed by atoms with van der Waals surface area (Å²) in [4.78, 5) is 12.6. The first-order valence-corrected chi connectivity index (χ1v) is 9.51. The summed E-state index contributed by atoms with van der Waals surface area (Å²) in [6.45, 7) is 6.14. The smallest absolute Gasteiger partial charge is 0.191 e. The Morgan fingerprint density at radius 1 is 1.29 bits per heavy atom. The topological polar surface area (TPSA) is 17.1 Å². The lowest BCUT2D eigenvalue weighted by atomic mass is 9.89. The van der Waals surface area contributed by atoms with Crippen LogP contribution in [0, 0.1) is 11.3 Å². The molecule has 0 radical (unpaired) electrons. The van der Waals surface area contributed by atoms with Crippen LogP contribution in [0.1, 0.15) is 65.7 Å². The number of carbonyl (C=O) groups is 1. The lowest BCUT2D eigenvalue weighted by Crippen LogP contribution is -2.17. The van der Waals surface area contributed by atoms with Gasteiger partial charge in [-0.3, -0.25) is 4.79 Å². The maximum absolute atomic E-state index is 12.6. The average Bonchev–Trinajstić information content (AvgIpc) is 2.53. The number of unbranched alkanes of at least 4 members (excludes halogenated alkanes) is 3. The molecule has 0 amide bonds. The molecule has 0 aromatic rings. The van der Waals surface area contributed by atoms with Crippen LogP contribution in [0.4, 0.5) is 0 Å². The maximum atomic E-state index is 12.6. The van der Waals surface area contributed by atoms with E-state index in [4.69, 9.17) is 34.8 Å². The Morgan fingerprint density at radius 3 is 2.43 bits per heavy atom. The van der Waals surface area contributed by atoms with Crippen molar-refractivity contribution in [3.8, 4) is 0 Å². The molecule has 122 valence electrons. The molecule has 0 bridgehead atoms. The number of carbonyl (C=O) groups excluding carboxylic acids is 1. The lowest BCUT2D eigenvalue weighted by Gasteiger charge is -2.19. The molecule has 1 saturated carbocycles. The van der Waals surface area contributed by atoms with Gasteiger partial charge in [0, 0.05) is 21.9 Å². The highest BCUT2D eigenvalue weighted by atomic mass is 79.9. The van der Waals surface area contributed by atoms with Gasteiger partial charge in [0.05, 0.1) is 0 Å². The van der Waals surface area contributed by atoms with E-state index in [-0.39, 0.29) is 17.1 Å². The third-order valence-corrected chi connectivity index (χ3v) is 5.33. The van der Waals surface area contributed by atoms with E-state index in [1.54, 1.807) is 0 Å². The summed E-state index contributed by atoms with van der Waals surface area (Å²) in [5, 5.41) is 0. The predicted molar refractivity (Wildman–Crippen MR) is 96.5 cm³/mol. The normalized spacial score (nSPS) is 24.5. The van der Waals surface area contributed by atoms with Crippen molar-refractivity contribution in [1.82, 2.24) is 0 Å². The third kappa shape index (κ3) is 6.05. The molecule has 0 aliphatic heterocycles. The largest absolute Gasteiger partial charge is 0.294 e. The van der Waals surface area contributed by atoms with E-state index < -0.39 is 3.79 Å². The van der Waals surface area contributed by atoms with Crippen molar-refractivity contribution in [2.45, 2.75) is 69.5 Å². The van der Waals surface area contributed by atoms with Crippen molar-refractivity contribution in [1.29, 1.82) is 0 Å². The molecule has 0 saturated heterocycles. The van der Waals surface area contributed by atoms with Gasteiger partial charge in [0.1, 0.15) is 0 Å². The van der Waals surface area contributed by atoms with E-state index >= 15 is 0 Å². The van der Waals surface area contributed by atoms with Crippen LogP contribution in [-0.2, 0) is 4.79 Å². The Kier molecular flexibility index (Phi) is 7.58. The highest BCUT2D eigenvalue weighted by molar-refractivity contribution is 9.11. The van der Waals surface area contributed by atoms with Crippen LogP contribution in [0.15, 0.2) is 10.1 Å². The Bertz CT molecular complexity index is 410. The number of allylic oxidation sites excluding steroid dienone is 2. The lowest BCUT2D eigenvalue weighted by molar-refractivity contribution is -0.121. The molecule has 5 heteroatoms. The van der Waals surface area contributed by atoms with E-state index in [2.05, 4.69) is 22.9 Å². The summed E-state index contributed by atoms with van der Waals surface area (Å²) < 4.78 is -0.306. The molecular formula is C16H24BrCl3O. The maximum Gasteiger partial charge on any atom is 0.191 e. The molecular weight excluding hydrogens is 394 g/mol. The predicted octanol–water partition coefficient (Wildman–Crippen LogP) is 6.98. The molecule has 0 N–H and O–H groups in total. The van der Waals surface area contributed by atoms with Gasteiger partial charge in [0.25, 0.3) is 0 Å². The molecule has 1 aliphatic carbocycles. The number of hydrogen-bond donors (Lipinski definition) is 0. The summed E-state index contributed by atoms with van der Waals surface area (Å²) in [5.41, 5.74) is 0.487. The minimum absolute atomic E-state index is 0.0283. The fraction of sp³-hybridized carbons (Fsp3) is 0.812. The number of ketones is 1. The van der Waals surface area contributed by atoms with Crippen LogP contribution in [0.25, 0.3) is 0 Å². The average molecular weight is 419 g/mol. The number of alkyl halides is 3. The summed E-state index contributed by atoms with van der Waals surface area (Å²) in [5.74, 6) is 0.227. The fourth-order valence-electron chi connectivity index (χ4n) is 3.00. The standard InChI is InChI=1S/C16H24BrCl3O/c1-4-5-6-7-8-12(17)13-11(10-16(18,19)20)9-15(2,3)14(13)21/h11H,4-10H2,1-3H3/b13-12+/t11-/m0/s1. The van der Waals surface area contributed by atoms with Crippen LogP contribution in [0.2, 0.25) is 0 Å². The molecule has 1 fully saturated rings. The Morgan fingerprint density at radius 2 is 1.90 bits per heavy atom. The van der Waals surface area contributed by atoms with E-state index in [0.717, 1.165) is 29.3 Å². The summed E-state index contributed by atoms with van der Waals surface area (Å²) in [6, 6.07) is 0. The first kappa shape index (κ1) is 19.8. The van der Waals surface area contributed by atoms with Gasteiger partial charge in [-0.05, 0) is 25.2 Å². The van der Waals surface area contributed by atoms with Gasteiger partial charge in [0.15, 0.2) is 9.58 Å². The molecule has 1 aliphatic rings. The third-order valence-electron chi connectivity index (χ3n) is 4.04. The molecule has 0 unspecified atom stereocenters. The zero-order valence-electron chi connectivity index (χ0n) is 12.9. The first-order valence-electron chi connectivity index (χ1n) is 7.58. The SMILES string of the molecule is CCCCCC/C(Br)=C1\C(=O)C(C)(C)C[C@H]1CC(Cl)(Cl)Cl. The highest BCUT2D eigenvalue weighted by Gasteiger charge is 2.46. The van der Waals surface area contributed by atoms with Gasteiger partial charge in [-0.15, -0.1) is 0 Å². The van der Waals surface area contributed by atoms with Crippen LogP contribution in [0.5, 0.6) is 0 Å². The Labute approximate surface area is 151 Å². The molecule has 1 rings (SSSR count). The van der Waals surface area contributed by atoms with E-state index in [9.17, 15) is 4.79 Å². The van der Waals surface area contributed by atoms with Crippen molar-refractivity contribution in [3.05, 3.63) is 10.1 Å². The highest BCUT2D eigenvalue weighted by Crippen LogP contribution is 2.50. The minimum atomic E-state index is -1.31. The van der Waals surface area contributed by atoms with Gasteiger partial charge in [-0.2, -0.15) is 0 Å². The van der Waals surface area contributed by atoms with Crippen LogP contribution >= 0.6 is 50.7 Å². The second-order valence-corrected chi connectivity index (χ2v) is 10.0. The molecule has 21 heavy (non-hydrogen) atoms. The Balaban J connectivity index is 2.88. The molecule has 0 aromatic carbocycles. The van der Waals surface area contributed by atoms with E-state index in [1.165, 1.54) is 19.3 Å². The quantitative estimate of drug-likeness (QED) is 0.258. The summed E-state index contributed by atoms with van der Waals surface area (Å²) in [7, 11) is 0. The number of rotatable bonds is 6. The van der Waals surface area contributed by atoms with Crippen LogP contribution < -0.4 is 0 Å². The zero-order valence-corrected chi connectivity index (χ0v) is 16.8. The van der Waals surface area contributed by atoms with E-state index in [0.29, 0.717) is 6.42 Å². The van der Waals surface area contributed by atoms with Crippen molar-refractivity contribution in [2.75, 3.05) is 0 Å². The molecule has 1 nitrogen and oxygen atoms in total. The van der Waals surface area contributed by atoms with Gasteiger partial charge in [0.2, 0.25) is 0 Å². The Hall–Kier alpha value is 0.760. The number of hydrogen-bond acceptors (Lipinski definition) is 1. The zero-order chi connectivity index (χ0) is 16.3. The molecule has 1 atom stereocenters. The summed E-state index contributed by atoms with van der Waals surface area (Å²) in [6.07, 6.45) is 6.75. The van der Waals surface area contributed by atoms with Gasteiger partial charge < -0.3 is 0 Å². The number of Topliss-reactive ketones (excluding diaryl/α,β-unsaturated/α-hetero) is 1. The van der Waals surface area contributed by atoms with Gasteiger partial charge in [-0.1, -0.05) is 90.8 Å². The second-order valence-electron chi connectivity index (χ2n) is 6.56. The van der Waals surface area contributed by atoms with Crippen molar-refractivity contribution < 1.29 is 4.79 Å². The van der Waals surface area contributed by atoms with Crippen molar-refractivity contribution >= 4 is 56.5 Å². The number of halogens is 4. The summed E-state index contributed by atoms with van der Waals surface area (Å²) >= 11 is 21.5. The molecule has 0 aromatic heterocycles. The first-order chi connectivity index (χ1) is 9.58.